The van der Waals surface area contributed by atoms with Crippen LogP contribution in [0.3, 0.4) is 0 Å². The van der Waals surface area contributed by atoms with Crippen molar-refractivity contribution in [3.05, 3.63) is 36.0 Å². The number of aromatic nitrogens is 5. The molecule has 3 heterocycles. The number of imidazole rings is 1. The van der Waals surface area contributed by atoms with Crippen LogP contribution < -0.4 is 0 Å². The van der Waals surface area contributed by atoms with Crippen LogP contribution >= 0.6 is 11.6 Å². The van der Waals surface area contributed by atoms with Gasteiger partial charge in [-0.2, -0.15) is 0 Å². The molecule has 0 bridgehead atoms. The molecule has 78 valence electrons. The second-order valence-electron chi connectivity index (χ2n) is 3.19. The molecule has 0 radical (unpaired) electrons. The van der Waals surface area contributed by atoms with Gasteiger partial charge in [0.1, 0.15) is 17.7 Å². The molecule has 1 N–H and O–H groups in total. The fourth-order valence-electron chi connectivity index (χ4n) is 1.44. The van der Waals surface area contributed by atoms with Gasteiger partial charge in [0.25, 0.3) is 0 Å². The van der Waals surface area contributed by atoms with Gasteiger partial charge in [-0.1, -0.05) is 11.6 Å². The molecule has 3 aromatic heterocycles. The second-order valence-corrected chi connectivity index (χ2v) is 3.55. The van der Waals surface area contributed by atoms with Crippen molar-refractivity contribution in [2.45, 2.75) is 0 Å². The SMILES string of the molecule is Clc1ncnc2nc(-c3cccnc3)[nH]c12. The molecule has 0 aromatic carbocycles. The highest BCUT2D eigenvalue weighted by Crippen LogP contribution is 2.21. The molecule has 0 aliphatic heterocycles. The van der Waals surface area contributed by atoms with E-state index in [2.05, 4.69) is 24.9 Å². The maximum absolute atomic E-state index is 5.92. The lowest BCUT2D eigenvalue weighted by molar-refractivity contribution is 1.20. The summed E-state index contributed by atoms with van der Waals surface area (Å²) in [5.74, 6) is 0.686. The van der Waals surface area contributed by atoms with Crippen LogP contribution in [0.5, 0.6) is 0 Å². The minimum Gasteiger partial charge on any atom is -0.334 e. The average molecular weight is 232 g/mol. The number of hydrogen-bond donors (Lipinski definition) is 1. The van der Waals surface area contributed by atoms with E-state index in [4.69, 9.17) is 11.6 Å². The van der Waals surface area contributed by atoms with E-state index in [1.54, 1.807) is 12.4 Å². The first kappa shape index (κ1) is 9.23. The summed E-state index contributed by atoms with van der Waals surface area (Å²) in [6, 6.07) is 3.75. The van der Waals surface area contributed by atoms with Gasteiger partial charge >= 0.3 is 0 Å². The number of aromatic amines is 1. The summed E-state index contributed by atoms with van der Waals surface area (Å²) in [7, 11) is 0. The van der Waals surface area contributed by atoms with Gasteiger partial charge in [-0.25, -0.2) is 15.0 Å². The Labute approximate surface area is 95.6 Å². The van der Waals surface area contributed by atoms with Gasteiger partial charge in [0.15, 0.2) is 10.8 Å². The Kier molecular flexibility index (Phi) is 2.04. The summed E-state index contributed by atoms with van der Waals surface area (Å²) in [5.41, 5.74) is 2.08. The Bertz CT molecular complexity index is 634. The summed E-state index contributed by atoms with van der Waals surface area (Å²) in [5, 5.41) is 0.368. The largest absolute Gasteiger partial charge is 0.334 e. The van der Waals surface area contributed by atoms with E-state index in [0.29, 0.717) is 22.1 Å². The fourth-order valence-corrected chi connectivity index (χ4v) is 1.62. The van der Waals surface area contributed by atoms with E-state index in [1.807, 2.05) is 12.1 Å². The summed E-state index contributed by atoms with van der Waals surface area (Å²) in [6.07, 6.45) is 4.82. The molecule has 5 nitrogen and oxygen atoms in total. The van der Waals surface area contributed by atoms with Crippen molar-refractivity contribution in [1.29, 1.82) is 0 Å². The zero-order valence-corrected chi connectivity index (χ0v) is 8.81. The minimum absolute atomic E-state index is 0.368. The smallest absolute Gasteiger partial charge is 0.182 e. The van der Waals surface area contributed by atoms with Crippen molar-refractivity contribution in [1.82, 2.24) is 24.9 Å². The molecule has 0 atom stereocenters. The number of hydrogen-bond acceptors (Lipinski definition) is 4. The van der Waals surface area contributed by atoms with Crippen molar-refractivity contribution in [3.63, 3.8) is 0 Å². The van der Waals surface area contributed by atoms with Crippen LogP contribution in [0, 0.1) is 0 Å². The van der Waals surface area contributed by atoms with Gasteiger partial charge in [0, 0.05) is 18.0 Å². The van der Waals surface area contributed by atoms with Gasteiger partial charge in [0.05, 0.1) is 0 Å². The van der Waals surface area contributed by atoms with E-state index in [9.17, 15) is 0 Å². The molecular weight excluding hydrogens is 226 g/mol. The van der Waals surface area contributed by atoms with E-state index < -0.39 is 0 Å². The van der Waals surface area contributed by atoms with Crippen LogP contribution in [0.1, 0.15) is 0 Å². The first-order chi connectivity index (χ1) is 7.84. The van der Waals surface area contributed by atoms with Crippen LogP contribution in [0.4, 0.5) is 0 Å². The number of H-pyrrole nitrogens is 1. The lowest BCUT2D eigenvalue weighted by atomic mass is 10.3. The molecule has 0 fully saturated rings. The Balaban J connectivity index is 2.23. The van der Waals surface area contributed by atoms with Crippen molar-refractivity contribution >= 4 is 22.8 Å². The van der Waals surface area contributed by atoms with Crippen molar-refractivity contribution in [2.75, 3.05) is 0 Å². The Hall–Kier alpha value is -2.01. The predicted octanol–water partition coefficient (Wildman–Crippen LogP) is 2.07. The van der Waals surface area contributed by atoms with E-state index in [0.717, 1.165) is 5.56 Å². The topological polar surface area (TPSA) is 67.3 Å². The van der Waals surface area contributed by atoms with E-state index in [-0.39, 0.29) is 0 Å². The van der Waals surface area contributed by atoms with Gasteiger partial charge < -0.3 is 4.98 Å². The van der Waals surface area contributed by atoms with Gasteiger partial charge in [0.2, 0.25) is 0 Å². The third-order valence-corrected chi connectivity index (χ3v) is 2.46. The zero-order chi connectivity index (χ0) is 11.0. The van der Waals surface area contributed by atoms with Crippen molar-refractivity contribution in [3.8, 4) is 11.4 Å². The molecule has 0 unspecified atom stereocenters. The van der Waals surface area contributed by atoms with Crippen LogP contribution in [0.2, 0.25) is 5.15 Å². The molecule has 0 saturated carbocycles. The molecule has 0 aliphatic carbocycles. The molecule has 0 saturated heterocycles. The number of pyridine rings is 1. The van der Waals surface area contributed by atoms with Crippen LogP contribution in [-0.2, 0) is 0 Å². The van der Waals surface area contributed by atoms with Gasteiger partial charge in [-0.15, -0.1) is 0 Å². The third-order valence-electron chi connectivity index (χ3n) is 2.18. The fraction of sp³-hybridized carbons (Fsp3) is 0. The Morgan fingerprint density at radius 2 is 2.19 bits per heavy atom. The molecular formula is C10H6ClN5. The molecule has 3 rings (SSSR count). The Morgan fingerprint density at radius 1 is 1.25 bits per heavy atom. The molecule has 0 aliphatic rings. The lowest BCUT2D eigenvalue weighted by Crippen LogP contribution is -1.80. The third kappa shape index (κ3) is 1.42. The average Bonchev–Trinajstić information content (AvgIpc) is 2.76. The first-order valence-electron chi connectivity index (χ1n) is 4.61. The first-order valence-corrected chi connectivity index (χ1v) is 4.99. The van der Waals surface area contributed by atoms with Gasteiger partial charge in [-0.05, 0) is 12.1 Å². The normalized spacial score (nSPS) is 10.8. The second kappa shape index (κ2) is 3.53. The summed E-state index contributed by atoms with van der Waals surface area (Å²) in [4.78, 5) is 19.3. The van der Waals surface area contributed by atoms with Gasteiger partial charge in [-0.3, -0.25) is 4.98 Å². The van der Waals surface area contributed by atoms with Crippen molar-refractivity contribution < 1.29 is 0 Å². The zero-order valence-electron chi connectivity index (χ0n) is 8.05. The maximum Gasteiger partial charge on any atom is 0.182 e. The maximum atomic E-state index is 5.92. The standard InChI is InChI=1S/C10H6ClN5/c11-8-7-10(14-5-13-8)16-9(15-7)6-2-1-3-12-4-6/h1-5H,(H,13,14,15,16). The summed E-state index contributed by atoms with van der Waals surface area (Å²) < 4.78 is 0. The Morgan fingerprint density at radius 3 is 2.94 bits per heavy atom. The van der Waals surface area contributed by atoms with Crippen LogP contribution in [0.15, 0.2) is 30.9 Å². The monoisotopic (exact) mass is 231 g/mol. The van der Waals surface area contributed by atoms with E-state index in [1.165, 1.54) is 6.33 Å². The minimum atomic E-state index is 0.368. The summed E-state index contributed by atoms with van der Waals surface area (Å²) in [6.45, 7) is 0. The molecule has 16 heavy (non-hydrogen) atoms. The molecule has 0 amide bonds. The molecule has 3 aromatic rings. The number of fused-ring (bicyclic) bond motifs is 1. The highest BCUT2D eigenvalue weighted by atomic mass is 35.5. The quantitative estimate of drug-likeness (QED) is 0.651. The number of nitrogens with zero attached hydrogens (tertiary/aromatic N) is 4. The number of nitrogens with one attached hydrogen (secondary N) is 1. The highest BCUT2D eigenvalue weighted by molar-refractivity contribution is 6.33. The van der Waals surface area contributed by atoms with E-state index >= 15 is 0 Å². The molecule has 0 spiro atoms. The van der Waals surface area contributed by atoms with Crippen LogP contribution in [-0.4, -0.2) is 24.9 Å². The lowest BCUT2D eigenvalue weighted by Gasteiger charge is -1.92. The predicted molar refractivity (Wildman–Crippen MR) is 59.9 cm³/mol. The molecule has 6 heteroatoms. The van der Waals surface area contributed by atoms with Crippen molar-refractivity contribution in [2.24, 2.45) is 0 Å². The summed E-state index contributed by atoms with van der Waals surface area (Å²) >= 11 is 5.92. The highest BCUT2D eigenvalue weighted by Gasteiger charge is 2.08. The van der Waals surface area contributed by atoms with Crippen LogP contribution in [0.25, 0.3) is 22.6 Å². The number of halogens is 1. The number of rotatable bonds is 1.